The third-order valence-corrected chi connectivity index (χ3v) is 3.65. The summed E-state index contributed by atoms with van der Waals surface area (Å²) in [4.78, 5) is 12.4. The molecule has 2 aromatic heterocycles. The fourth-order valence-electron chi connectivity index (χ4n) is 2.44. The van der Waals surface area contributed by atoms with Crippen molar-refractivity contribution in [1.29, 1.82) is 0 Å². The molecule has 5 heteroatoms. The van der Waals surface area contributed by atoms with Gasteiger partial charge in [-0.15, -0.1) is 0 Å². The maximum Gasteiger partial charge on any atom is 0.256 e. The van der Waals surface area contributed by atoms with Crippen LogP contribution in [0.2, 0.25) is 0 Å². The number of carbonyl (C=O) groups is 1. The lowest BCUT2D eigenvalue weighted by molar-refractivity contribution is 0.0953. The highest BCUT2D eigenvalue weighted by molar-refractivity contribution is 5.97. The number of benzene rings is 1. The van der Waals surface area contributed by atoms with Gasteiger partial charge in [0.25, 0.3) is 5.91 Å². The normalized spacial score (nSPS) is 10.7. The van der Waals surface area contributed by atoms with Gasteiger partial charge in [-0.25, -0.2) is 4.68 Å². The van der Waals surface area contributed by atoms with Gasteiger partial charge in [-0.2, -0.15) is 5.10 Å². The highest BCUT2D eigenvalue weighted by atomic mass is 16.1. The molecule has 0 unspecified atom stereocenters. The highest BCUT2D eigenvalue weighted by Crippen LogP contribution is 2.20. The summed E-state index contributed by atoms with van der Waals surface area (Å²) in [6, 6.07) is 11.9. The first-order valence-corrected chi connectivity index (χ1v) is 7.77. The van der Waals surface area contributed by atoms with Gasteiger partial charge in [0.1, 0.15) is 5.56 Å². The van der Waals surface area contributed by atoms with E-state index in [1.54, 1.807) is 10.9 Å². The van der Waals surface area contributed by atoms with E-state index in [0.29, 0.717) is 12.1 Å². The third-order valence-electron chi connectivity index (χ3n) is 3.65. The number of hydrogen-bond donors (Lipinski definition) is 1. The summed E-state index contributed by atoms with van der Waals surface area (Å²) >= 11 is 0. The van der Waals surface area contributed by atoms with Gasteiger partial charge >= 0.3 is 0 Å². The van der Waals surface area contributed by atoms with Crippen LogP contribution in [0.3, 0.4) is 0 Å². The quantitative estimate of drug-likeness (QED) is 0.787. The van der Waals surface area contributed by atoms with Crippen molar-refractivity contribution in [3.05, 3.63) is 66.1 Å². The van der Waals surface area contributed by atoms with Crippen molar-refractivity contribution in [1.82, 2.24) is 19.7 Å². The second kappa shape index (κ2) is 6.52. The van der Waals surface area contributed by atoms with Gasteiger partial charge in [-0.1, -0.05) is 24.6 Å². The number of hydrogen-bond acceptors (Lipinski definition) is 2. The molecule has 0 saturated carbocycles. The summed E-state index contributed by atoms with van der Waals surface area (Å²) in [5, 5.41) is 7.36. The van der Waals surface area contributed by atoms with Crippen LogP contribution in [-0.2, 0) is 0 Å². The monoisotopic (exact) mass is 308 g/mol. The first-order valence-electron chi connectivity index (χ1n) is 7.77. The van der Waals surface area contributed by atoms with Crippen molar-refractivity contribution in [2.24, 2.45) is 0 Å². The van der Waals surface area contributed by atoms with Crippen LogP contribution >= 0.6 is 0 Å². The lowest BCUT2D eigenvalue weighted by Gasteiger charge is -2.11. The van der Waals surface area contributed by atoms with Crippen molar-refractivity contribution >= 4 is 5.91 Å². The first kappa shape index (κ1) is 15.1. The molecule has 0 fully saturated rings. The van der Waals surface area contributed by atoms with Gasteiger partial charge in [0.2, 0.25) is 0 Å². The van der Waals surface area contributed by atoms with Crippen LogP contribution in [0, 0.1) is 6.92 Å². The van der Waals surface area contributed by atoms with E-state index in [1.807, 2.05) is 67.2 Å². The number of nitrogens with zero attached hydrogens (tertiary/aromatic N) is 3. The smallest absolute Gasteiger partial charge is 0.256 e. The summed E-state index contributed by atoms with van der Waals surface area (Å²) in [7, 11) is 0. The Kier molecular flexibility index (Phi) is 4.28. The van der Waals surface area contributed by atoms with E-state index in [-0.39, 0.29) is 5.91 Å². The lowest BCUT2D eigenvalue weighted by atomic mass is 10.2. The largest absolute Gasteiger partial charge is 0.352 e. The zero-order chi connectivity index (χ0) is 16.2. The highest BCUT2D eigenvalue weighted by Gasteiger charge is 2.19. The molecule has 2 heterocycles. The van der Waals surface area contributed by atoms with Crippen molar-refractivity contribution < 1.29 is 4.79 Å². The topological polar surface area (TPSA) is 51.9 Å². The molecule has 5 nitrogen and oxygen atoms in total. The Bertz CT molecular complexity index is 785. The molecule has 3 aromatic rings. The maximum absolute atomic E-state index is 12.4. The molecule has 0 aliphatic carbocycles. The second-order valence-electron chi connectivity index (χ2n) is 5.48. The molecule has 3 rings (SSSR count). The van der Waals surface area contributed by atoms with E-state index in [0.717, 1.165) is 17.9 Å². The summed E-state index contributed by atoms with van der Waals surface area (Å²) in [5.41, 5.74) is 2.67. The zero-order valence-electron chi connectivity index (χ0n) is 13.4. The number of nitrogens with one attached hydrogen (secondary N) is 1. The minimum absolute atomic E-state index is 0.103. The minimum atomic E-state index is -0.103. The van der Waals surface area contributed by atoms with Crippen LogP contribution in [0.25, 0.3) is 11.5 Å². The fraction of sp³-hybridized carbons (Fsp3) is 0.222. The maximum atomic E-state index is 12.4. The van der Waals surface area contributed by atoms with Crippen molar-refractivity contribution in [3.8, 4) is 11.5 Å². The van der Waals surface area contributed by atoms with E-state index >= 15 is 0 Å². The van der Waals surface area contributed by atoms with E-state index in [4.69, 9.17) is 0 Å². The molecule has 0 spiro atoms. The van der Waals surface area contributed by atoms with Gasteiger partial charge in [0, 0.05) is 18.9 Å². The standard InChI is InChI=1S/C18H20N4O/c1-3-10-19-17(23)16-13-20-22(15-8-6-14(2)7-9-15)18(16)21-11-4-5-12-21/h4-9,11-13H,3,10H2,1-2H3,(H,19,23). The molecule has 0 aliphatic rings. The first-order chi connectivity index (χ1) is 11.2. The summed E-state index contributed by atoms with van der Waals surface area (Å²) in [5.74, 6) is 0.640. The minimum Gasteiger partial charge on any atom is -0.352 e. The molecule has 23 heavy (non-hydrogen) atoms. The average Bonchev–Trinajstić information content (AvgIpc) is 3.22. The van der Waals surface area contributed by atoms with Crippen LogP contribution in [0.4, 0.5) is 0 Å². The number of amides is 1. The molecule has 1 N–H and O–H groups in total. The Hall–Kier alpha value is -2.82. The molecule has 1 amide bonds. The number of rotatable bonds is 5. The Morgan fingerprint density at radius 1 is 1.17 bits per heavy atom. The van der Waals surface area contributed by atoms with Gasteiger partial charge in [-0.05, 0) is 37.6 Å². The zero-order valence-corrected chi connectivity index (χ0v) is 13.4. The van der Waals surface area contributed by atoms with Gasteiger partial charge < -0.3 is 9.88 Å². The lowest BCUT2D eigenvalue weighted by Crippen LogP contribution is -2.25. The van der Waals surface area contributed by atoms with Crippen LogP contribution < -0.4 is 5.32 Å². The molecular weight excluding hydrogens is 288 g/mol. The van der Waals surface area contributed by atoms with E-state index < -0.39 is 0 Å². The SMILES string of the molecule is CCCNC(=O)c1cnn(-c2ccc(C)cc2)c1-n1cccc1. The molecule has 0 radical (unpaired) electrons. The predicted molar refractivity (Wildman–Crippen MR) is 90.3 cm³/mol. The molecule has 1 aromatic carbocycles. The summed E-state index contributed by atoms with van der Waals surface area (Å²) in [6.45, 7) is 4.73. The Balaban J connectivity index is 2.08. The van der Waals surface area contributed by atoms with Gasteiger partial charge in [0.05, 0.1) is 11.9 Å². The number of aryl methyl sites for hydroxylation is 1. The van der Waals surface area contributed by atoms with Gasteiger partial charge in [0.15, 0.2) is 5.82 Å². The van der Waals surface area contributed by atoms with Gasteiger partial charge in [-0.3, -0.25) is 4.79 Å². The molecule has 0 saturated heterocycles. The molecule has 0 bridgehead atoms. The predicted octanol–water partition coefficient (Wildman–Crippen LogP) is 3.11. The van der Waals surface area contributed by atoms with Crippen molar-refractivity contribution in [2.45, 2.75) is 20.3 Å². The molecular formula is C18H20N4O. The van der Waals surface area contributed by atoms with Crippen molar-refractivity contribution in [2.75, 3.05) is 6.54 Å². The molecule has 118 valence electrons. The summed E-state index contributed by atoms with van der Waals surface area (Å²) < 4.78 is 3.70. The molecule has 0 aliphatic heterocycles. The van der Waals surface area contributed by atoms with Crippen LogP contribution in [-0.4, -0.2) is 26.8 Å². The Morgan fingerprint density at radius 2 is 1.87 bits per heavy atom. The second-order valence-corrected chi connectivity index (χ2v) is 5.48. The number of aromatic nitrogens is 3. The average molecular weight is 308 g/mol. The Labute approximate surface area is 135 Å². The van der Waals surface area contributed by atoms with E-state index in [9.17, 15) is 4.79 Å². The Morgan fingerprint density at radius 3 is 2.52 bits per heavy atom. The van der Waals surface area contributed by atoms with Crippen LogP contribution in [0.1, 0.15) is 29.3 Å². The van der Waals surface area contributed by atoms with Crippen molar-refractivity contribution in [3.63, 3.8) is 0 Å². The summed E-state index contributed by atoms with van der Waals surface area (Å²) in [6.07, 6.45) is 6.35. The van der Waals surface area contributed by atoms with Crippen LogP contribution in [0.15, 0.2) is 55.0 Å². The fourth-order valence-corrected chi connectivity index (χ4v) is 2.44. The van der Waals surface area contributed by atoms with E-state index in [1.165, 1.54) is 5.56 Å². The number of carbonyl (C=O) groups excluding carboxylic acids is 1. The van der Waals surface area contributed by atoms with Crippen LogP contribution in [0.5, 0.6) is 0 Å². The molecule has 0 atom stereocenters. The third kappa shape index (κ3) is 3.04. The van der Waals surface area contributed by atoms with E-state index in [2.05, 4.69) is 10.4 Å².